The summed E-state index contributed by atoms with van der Waals surface area (Å²) in [5, 5.41) is 3.75. The lowest BCUT2D eigenvalue weighted by Crippen LogP contribution is -2.40. The van der Waals surface area contributed by atoms with Gasteiger partial charge in [0.2, 0.25) is 0 Å². The summed E-state index contributed by atoms with van der Waals surface area (Å²) in [6, 6.07) is 9.22. The highest BCUT2D eigenvalue weighted by Gasteiger charge is 2.28. The smallest absolute Gasteiger partial charge is 0.0646 e. The highest BCUT2D eigenvalue weighted by molar-refractivity contribution is 5.51. The Kier molecular flexibility index (Phi) is 5.65. The molecule has 1 aromatic carbocycles. The van der Waals surface area contributed by atoms with Crippen molar-refractivity contribution in [3.05, 3.63) is 29.8 Å². The molecule has 21 heavy (non-hydrogen) atoms. The molecule has 1 aliphatic rings. The van der Waals surface area contributed by atoms with Gasteiger partial charge in [0.1, 0.15) is 0 Å². The van der Waals surface area contributed by atoms with Crippen LogP contribution < -0.4 is 5.32 Å². The molecule has 3 nitrogen and oxygen atoms in total. The zero-order valence-corrected chi connectivity index (χ0v) is 14.0. The maximum absolute atomic E-state index is 5.81. The molecule has 1 heterocycles. The van der Waals surface area contributed by atoms with E-state index in [0.717, 1.165) is 39.1 Å². The third-order valence-corrected chi connectivity index (χ3v) is 4.36. The van der Waals surface area contributed by atoms with Gasteiger partial charge in [0.25, 0.3) is 0 Å². The Labute approximate surface area is 129 Å². The molecule has 1 atom stereocenters. The monoisotopic (exact) mass is 290 g/mol. The molecule has 1 fully saturated rings. The predicted molar refractivity (Wildman–Crippen MR) is 89.7 cm³/mol. The van der Waals surface area contributed by atoms with E-state index in [9.17, 15) is 0 Å². The maximum Gasteiger partial charge on any atom is 0.0646 e. The molecule has 2 rings (SSSR count). The predicted octanol–water partition coefficient (Wildman–Crippen LogP) is 3.90. The number of rotatable bonds is 6. The van der Waals surface area contributed by atoms with E-state index in [1.54, 1.807) is 0 Å². The summed E-state index contributed by atoms with van der Waals surface area (Å²) >= 11 is 0. The van der Waals surface area contributed by atoms with E-state index in [0.29, 0.717) is 6.04 Å². The van der Waals surface area contributed by atoms with Crippen LogP contribution in [0, 0.1) is 0 Å². The number of nitrogens with zero attached hydrogens (tertiary/aromatic N) is 1. The van der Waals surface area contributed by atoms with Crippen LogP contribution in [0.15, 0.2) is 24.3 Å². The topological polar surface area (TPSA) is 24.5 Å². The van der Waals surface area contributed by atoms with Gasteiger partial charge in [-0.1, -0.05) is 32.0 Å². The Hall–Kier alpha value is -1.06. The van der Waals surface area contributed by atoms with Crippen molar-refractivity contribution in [1.29, 1.82) is 0 Å². The molecule has 3 heteroatoms. The average molecular weight is 290 g/mol. The lowest BCUT2D eigenvalue weighted by Gasteiger charge is -2.36. The molecule has 1 saturated heterocycles. The van der Waals surface area contributed by atoms with Crippen molar-refractivity contribution in [3.63, 3.8) is 0 Å². The fraction of sp³-hybridized carbons (Fsp3) is 0.667. The van der Waals surface area contributed by atoms with Crippen molar-refractivity contribution in [2.45, 2.75) is 58.7 Å². The first-order valence-corrected chi connectivity index (χ1v) is 8.25. The van der Waals surface area contributed by atoms with Gasteiger partial charge < -0.3 is 10.1 Å². The summed E-state index contributed by atoms with van der Waals surface area (Å²) in [6.45, 7) is 12.9. The van der Waals surface area contributed by atoms with Crippen LogP contribution >= 0.6 is 0 Å². The molecule has 0 saturated carbocycles. The number of hydrogen-bond acceptors (Lipinski definition) is 3. The summed E-state index contributed by atoms with van der Waals surface area (Å²) in [4.78, 5) is 2.45. The van der Waals surface area contributed by atoms with E-state index in [4.69, 9.17) is 4.74 Å². The molecule has 0 radical (unpaired) electrons. The van der Waals surface area contributed by atoms with E-state index in [1.165, 1.54) is 11.3 Å². The van der Waals surface area contributed by atoms with Gasteiger partial charge in [0.15, 0.2) is 0 Å². The Morgan fingerprint density at radius 3 is 2.62 bits per heavy atom. The van der Waals surface area contributed by atoms with Crippen LogP contribution in [-0.4, -0.2) is 36.2 Å². The van der Waals surface area contributed by atoms with E-state index in [1.807, 2.05) is 0 Å². The molecule has 118 valence electrons. The molecule has 1 unspecified atom stereocenters. The number of ether oxygens (including phenoxy) is 1. The first kappa shape index (κ1) is 16.3. The van der Waals surface area contributed by atoms with Crippen molar-refractivity contribution in [1.82, 2.24) is 4.90 Å². The van der Waals surface area contributed by atoms with Crippen LogP contribution in [0.4, 0.5) is 5.69 Å². The van der Waals surface area contributed by atoms with E-state index < -0.39 is 0 Å². The Morgan fingerprint density at radius 2 is 1.95 bits per heavy atom. The van der Waals surface area contributed by atoms with Crippen LogP contribution in [0.2, 0.25) is 0 Å². The fourth-order valence-corrected chi connectivity index (χ4v) is 3.06. The Morgan fingerprint density at radius 1 is 1.24 bits per heavy atom. The average Bonchev–Trinajstić information content (AvgIpc) is 2.45. The molecular formula is C18H30N2O. The molecular weight excluding hydrogens is 260 g/mol. The summed E-state index contributed by atoms with van der Waals surface area (Å²) in [7, 11) is 0. The summed E-state index contributed by atoms with van der Waals surface area (Å²) in [5.74, 6) is 0. The molecule has 0 aliphatic carbocycles. The third-order valence-electron chi connectivity index (χ3n) is 4.36. The quantitative estimate of drug-likeness (QED) is 0.860. The minimum Gasteiger partial charge on any atom is -0.382 e. The van der Waals surface area contributed by atoms with Crippen LogP contribution in [0.25, 0.3) is 0 Å². The van der Waals surface area contributed by atoms with Crippen LogP contribution in [-0.2, 0) is 11.3 Å². The van der Waals surface area contributed by atoms with Gasteiger partial charge >= 0.3 is 0 Å². The number of anilines is 1. The SMILES string of the molecule is CCN(CC)Cc1ccccc1NC1CCOC(C)(C)C1. The second-order valence-electron chi connectivity index (χ2n) is 6.56. The van der Waals surface area contributed by atoms with E-state index >= 15 is 0 Å². The standard InChI is InChI=1S/C18H30N2O/c1-5-20(6-2)14-15-9-7-8-10-17(15)19-16-11-12-21-18(3,4)13-16/h7-10,16,19H,5-6,11-14H2,1-4H3. The van der Waals surface area contributed by atoms with Crippen LogP contribution in [0.3, 0.4) is 0 Å². The summed E-state index contributed by atoms with van der Waals surface area (Å²) < 4.78 is 5.81. The maximum atomic E-state index is 5.81. The lowest BCUT2D eigenvalue weighted by atomic mass is 9.93. The summed E-state index contributed by atoms with van der Waals surface area (Å²) in [6.07, 6.45) is 2.15. The Balaban J connectivity index is 2.06. The van der Waals surface area contributed by atoms with Gasteiger partial charge in [-0.15, -0.1) is 0 Å². The first-order valence-electron chi connectivity index (χ1n) is 8.25. The molecule has 1 aliphatic heterocycles. The summed E-state index contributed by atoms with van der Waals surface area (Å²) in [5.41, 5.74) is 2.67. The first-order chi connectivity index (χ1) is 10.0. The van der Waals surface area contributed by atoms with Gasteiger partial charge in [-0.05, 0) is 51.4 Å². The number of benzene rings is 1. The van der Waals surface area contributed by atoms with Crippen LogP contribution in [0.5, 0.6) is 0 Å². The minimum atomic E-state index is -0.0102. The number of nitrogens with one attached hydrogen (secondary N) is 1. The van der Waals surface area contributed by atoms with Gasteiger partial charge in [-0.3, -0.25) is 4.90 Å². The van der Waals surface area contributed by atoms with Gasteiger partial charge in [0, 0.05) is 24.9 Å². The fourth-order valence-electron chi connectivity index (χ4n) is 3.06. The number of para-hydroxylation sites is 1. The third kappa shape index (κ3) is 4.72. The van der Waals surface area contributed by atoms with Crippen molar-refractivity contribution >= 4 is 5.69 Å². The zero-order valence-electron chi connectivity index (χ0n) is 14.0. The highest BCUT2D eigenvalue weighted by atomic mass is 16.5. The Bertz CT molecular complexity index is 441. The van der Waals surface area contributed by atoms with Gasteiger partial charge in [0.05, 0.1) is 5.60 Å². The van der Waals surface area contributed by atoms with Crippen molar-refractivity contribution in [2.24, 2.45) is 0 Å². The van der Waals surface area contributed by atoms with E-state index in [-0.39, 0.29) is 5.60 Å². The zero-order chi connectivity index (χ0) is 15.3. The molecule has 0 amide bonds. The van der Waals surface area contributed by atoms with Crippen LogP contribution in [0.1, 0.15) is 46.1 Å². The van der Waals surface area contributed by atoms with Crippen molar-refractivity contribution in [3.8, 4) is 0 Å². The lowest BCUT2D eigenvalue weighted by molar-refractivity contribution is -0.0553. The molecule has 1 aromatic rings. The largest absolute Gasteiger partial charge is 0.382 e. The van der Waals surface area contributed by atoms with E-state index in [2.05, 4.69) is 62.2 Å². The minimum absolute atomic E-state index is 0.0102. The molecule has 1 N–H and O–H groups in total. The van der Waals surface area contributed by atoms with Gasteiger partial charge in [-0.25, -0.2) is 0 Å². The molecule has 0 bridgehead atoms. The van der Waals surface area contributed by atoms with Crippen molar-refractivity contribution < 1.29 is 4.74 Å². The molecule has 0 aromatic heterocycles. The molecule has 0 spiro atoms. The second kappa shape index (κ2) is 7.28. The van der Waals surface area contributed by atoms with Gasteiger partial charge in [-0.2, -0.15) is 0 Å². The normalized spacial score (nSPS) is 21.5. The second-order valence-corrected chi connectivity index (χ2v) is 6.56. The van der Waals surface area contributed by atoms with Crippen molar-refractivity contribution in [2.75, 3.05) is 25.0 Å². The highest BCUT2D eigenvalue weighted by Crippen LogP contribution is 2.27. The number of hydrogen-bond donors (Lipinski definition) is 1.